The maximum absolute atomic E-state index is 12.2. The number of fused-ring (bicyclic) bond motifs is 4. The molecule has 0 saturated carbocycles. The summed E-state index contributed by atoms with van der Waals surface area (Å²) in [6.07, 6.45) is 6.68. The molecule has 7 aromatic rings. The van der Waals surface area contributed by atoms with Crippen LogP contribution in [0.3, 0.4) is 0 Å². The van der Waals surface area contributed by atoms with Crippen molar-refractivity contribution in [1.29, 1.82) is 0 Å². The number of ketones is 1. The molecular weight excluding hydrogens is 789 g/mol. The second-order valence-corrected chi connectivity index (χ2v) is 14.1. The average Bonchev–Trinajstić information content (AvgIpc) is 3.45. The van der Waals surface area contributed by atoms with Crippen LogP contribution in [0, 0.1) is 16.9 Å². The van der Waals surface area contributed by atoms with Crippen molar-refractivity contribution in [2.24, 2.45) is 10.8 Å². The molecule has 249 valence electrons. The number of nitrogens with zero attached hydrogens (tertiary/aromatic N) is 2. The number of thiophene rings is 1. The number of aliphatic hydroxyl groups is 1. The quantitative estimate of drug-likeness (QED) is 0.0943. The standard InChI is InChI=1S/C27H15N2S.C15H28O2.Ir/c1-2-8-18(9-3-1)29-21-11-6-12-22-24(21)25-23(30-22)15-16-28-26(25)20-14-13-17-7-4-5-10-19(17)27(20)29;1-7-14(5,8-2)12(16)11-13(17)15(6,9-3)10-4;/h1-13,15-16H;11,16H,7-10H2,1-6H3;/q-1;;/b;12-11-;. The predicted octanol–water partition coefficient (Wildman–Crippen LogP) is 12.1. The topological polar surface area (TPSA) is 55.1 Å². The number of rotatable bonds is 8. The summed E-state index contributed by atoms with van der Waals surface area (Å²) in [5.74, 6) is 0.286. The molecule has 1 N–H and O–H groups in total. The Labute approximate surface area is 300 Å². The zero-order valence-corrected chi connectivity index (χ0v) is 31.8. The second kappa shape index (κ2) is 14.3. The van der Waals surface area contributed by atoms with E-state index in [9.17, 15) is 9.90 Å². The summed E-state index contributed by atoms with van der Waals surface area (Å²) < 4.78 is 4.95. The molecule has 0 amide bonds. The molecule has 48 heavy (non-hydrogen) atoms. The molecule has 4 nitrogen and oxygen atoms in total. The molecule has 0 aliphatic rings. The van der Waals surface area contributed by atoms with Crippen molar-refractivity contribution in [3.05, 3.63) is 109 Å². The first-order valence-corrected chi connectivity index (χ1v) is 17.6. The molecule has 1 radical (unpaired) electrons. The Morgan fingerprint density at radius 1 is 0.833 bits per heavy atom. The van der Waals surface area contributed by atoms with Gasteiger partial charge in [0.05, 0.1) is 0 Å². The Hall–Kier alpha value is -3.83. The summed E-state index contributed by atoms with van der Waals surface area (Å²) in [4.78, 5) is 17.1. The van der Waals surface area contributed by atoms with Crippen LogP contribution in [0.15, 0.2) is 103 Å². The second-order valence-electron chi connectivity index (χ2n) is 13.0. The Morgan fingerprint density at radius 2 is 1.48 bits per heavy atom. The summed E-state index contributed by atoms with van der Waals surface area (Å²) >= 11 is 1.83. The first-order chi connectivity index (χ1) is 22.7. The van der Waals surface area contributed by atoms with Gasteiger partial charge in [0.15, 0.2) is 5.78 Å². The zero-order chi connectivity index (χ0) is 33.3. The monoisotopic (exact) mass is 832 g/mol. The number of benzene rings is 4. The number of pyridine rings is 1. The Bertz CT molecular complexity index is 2260. The van der Waals surface area contributed by atoms with Crippen molar-refractivity contribution in [3.63, 3.8) is 0 Å². The Morgan fingerprint density at radius 3 is 2.17 bits per heavy atom. The van der Waals surface area contributed by atoms with Gasteiger partial charge >= 0.3 is 0 Å². The molecule has 0 atom stereocenters. The van der Waals surface area contributed by atoms with Crippen LogP contribution in [0.4, 0.5) is 0 Å². The van der Waals surface area contributed by atoms with E-state index in [1.807, 2.05) is 59.1 Å². The third kappa shape index (κ3) is 6.11. The molecule has 0 aliphatic heterocycles. The molecule has 0 fully saturated rings. The van der Waals surface area contributed by atoms with E-state index >= 15 is 0 Å². The van der Waals surface area contributed by atoms with Crippen LogP contribution in [0.1, 0.15) is 67.2 Å². The van der Waals surface area contributed by atoms with E-state index in [1.54, 1.807) is 0 Å². The van der Waals surface area contributed by atoms with Gasteiger partial charge in [0.25, 0.3) is 0 Å². The minimum Gasteiger partial charge on any atom is -0.512 e. The largest absolute Gasteiger partial charge is 0.512 e. The first kappa shape index (κ1) is 35.5. The molecule has 7 rings (SSSR count). The smallest absolute Gasteiger partial charge is 0.164 e. The summed E-state index contributed by atoms with van der Waals surface area (Å²) in [5, 5.41) is 16.1. The fraction of sp³-hybridized carbons (Fsp3) is 0.286. The molecule has 0 unspecified atom stereocenters. The van der Waals surface area contributed by atoms with Gasteiger partial charge in [0, 0.05) is 69.2 Å². The predicted molar refractivity (Wildman–Crippen MR) is 201 cm³/mol. The van der Waals surface area contributed by atoms with E-state index in [1.165, 1.54) is 42.5 Å². The van der Waals surface area contributed by atoms with Gasteiger partial charge in [0.1, 0.15) is 5.76 Å². The molecule has 3 heterocycles. The number of hydrogen-bond acceptors (Lipinski definition) is 4. The van der Waals surface area contributed by atoms with Gasteiger partial charge in [-0.2, -0.15) is 0 Å². The van der Waals surface area contributed by atoms with Gasteiger partial charge in [-0.15, -0.1) is 28.9 Å². The third-order valence-corrected chi connectivity index (χ3v) is 11.6. The van der Waals surface area contributed by atoms with Crippen molar-refractivity contribution in [1.82, 2.24) is 9.55 Å². The maximum Gasteiger partial charge on any atom is 0.164 e. The van der Waals surface area contributed by atoms with E-state index in [0.717, 1.165) is 47.8 Å². The van der Waals surface area contributed by atoms with Gasteiger partial charge in [-0.1, -0.05) is 101 Å². The molecule has 0 spiro atoms. The van der Waals surface area contributed by atoms with Gasteiger partial charge in [-0.3, -0.25) is 4.79 Å². The fourth-order valence-corrected chi connectivity index (χ4v) is 7.50. The summed E-state index contributed by atoms with van der Waals surface area (Å²) in [7, 11) is 0. The van der Waals surface area contributed by atoms with Crippen molar-refractivity contribution >= 4 is 70.0 Å². The molecule has 3 aromatic heterocycles. The zero-order valence-electron chi connectivity index (χ0n) is 28.6. The van der Waals surface area contributed by atoms with Crippen molar-refractivity contribution in [2.75, 3.05) is 0 Å². The average molecular weight is 832 g/mol. The molecular formula is C42H43IrN2O2S-. The molecule has 4 aromatic carbocycles. The van der Waals surface area contributed by atoms with Crippen LogP contribution < -0.4 is 0 Å². The van der Waals surface area contributed by atoms with Crippen molar-refractivity contribution in [2.45, 2.75) is 67.2 Å². The molecule has 0 aliphatic carbocycles. The van der Waals surface area contributed by atoms with Crippen molar-refractivity contribution in [3.8, 4) is 5.69 Å². The van der Waals surface area contributed by atoms with Gasteiger partial charge < -0.3 is 14.7 Å². The van der Waals surface area contributed by atoms with E-state index in [4.69, 9.17) is 4.98 Å². The SMILES string of the molecule is CCC(C)(CC)C(=O)/C=C(\O)C(C)(CC)CC.[Ir].[c-]1cc2ccccc2c2c1c1nccc3sc4cccc(c4c31)n2-c1ccccc1. The first-order valence-electron chi connectivity index (χ1n) is 16.7. The summed E-state index contributed by atoms with van der Waals surface area (Å²) in [6, 6.07) is 33.6. The van der Waals surface area contributed by atoms with E-state index in [-0.39, 0.29) is 42.5 Å². The third-order valence-electron chi connectivity index (χ3n) is 10.5. The summed E-state index contributed by atoms with van der Waals surface area (Å²) in [6.45, 7) is 12.1. The fourth-order valence-electron chi connectivity index (χ4n) is 6.37. The Kier molecular flexibility index (Phi) is 10.6. The van der Waals surface area contributed by atoms with Crippen LogP contribution >= 0.6 is 11.3 Å². The van der Waals surface area contributed by atoms with Crippen LogP contribution in [0.5, 0.6) is 0 Å². The minimum atomic E-state index is -0.337. The van der Waals surface area contributed by atoms with E-state index in [2.05, 4.69) is 95.6 Å². The number of para-hydroxylation sites is 1. The van der Waals surface area contributed by atoms with Crippen LogP contribution in [-0.2, 0) is 24.9 Å². The van der Waals surface area contributed by atoms with Crippen LogP contribution in [0.25, 0.3) is 58.6 Å². The number of allylic oxidation sites excluding steroid dienone is 2. The van der Waals surface area contributed by atoms with Crippen molar-refractivity contribution < 1.29 is 30.0 Å². The van der Waals surface area contributed by atoms with Gasteiger partial charge in [-0.05, 0) is 72.4 Å². The molecule has 6 heteroatoms. The van der Waals surface area contributed by atoms with E-state index < -0.39 is 0 Å². The number of aliphatic hydroxyl groups excluding tert-OH is 1. The minimum absolute atomic E-state index is 0. The number of carbonyl (C=O) groups is 1. The number of carbonyl (C=O) groups excluding carboxylic acids is 1. The molecule has 0 bridgehead atoms. The van der Waals surface area contributed by atoms with Gasteiger partial charge in [0.2, 0.25) is 0 Å². The van der Waals surface area contributed by atoms with Crippen LogP contribution in [-0.4, -0.2) is 20.4 Å². The normalized spacial score (nSPS) is 12.4. The van der Waals surface area contributed by atoms with E-state index in [0.29, 0.717) is 0 Å². The Balaban J connectivity index is 0.000000218. The van der Waals surface area contributed by atoms with Gasteiger partial charge in [-0.25, -0.2) is 0 Å². The number of hydrogen-bond donors (Lipinski definition) is 1. The molecule has 0 saturated heterocycles. The number of aromatic nitrogens is 2. The summed E-state index contributed by atoms with van der Waals surface area (Å²) in [5.41, 5.74) is 3.90. The maximum atomic E-state index is 12.2. The van der Waals surface area contributed by atoms with Crippen LogP contribution in [0.2, 0.25) is 0 Å².